The van der Waals surface area contributed by atoms with Gasteiger partial charge in [-0.05, 0) is 30.3 Å². The molecule has 20 heavy (non-hydrogen) atoms. The molecule has 2 aromatic rings. The van der Waals surface area contributed by atoms with E-state index in [1.165, 1.54) is 19.2 Å². The van der Waals surface area contributed by atoms with Gasteiger partial charge in [0.05, 0.1) is 18.4 Å². The molecule has 0 saturated heterocycles. The van der Waals surface area contributed by atoms with Crippen molar-refractivity contribution in [3.8, 4) is 17.0 Å². The second kappa shape index (κ2) is 4.99. The van der Waals surface area contributed by atoms with E-state index >= 15 is 0 Å². The molecule has 0 radical (unpaired) electrons. The fraction of sp³-hybridized carbons (Fsp3) is 0.154. The van der Waals surface area contributed by atoms with Crippen molar-refractivity contribution in [2.75, 3.05) is 12.8 Å². The summed E-state index contributed by atoms with van der Waals surface area (Å²) in [5, 5.41) is 0. The topological polar surface area (TPSA) is 48.1 Å². The van der Waals surface area contributed by atoms with Crippen LogP contribution in [0.15, 0.2) is 30.3 Å². The van der Waals surface area contributed by atoms with Gasteiger partial charge in [-0.25, -0.2) is 9.37 Å². The molecule has 1 aromatic heterocycles. The molecule has 0 aliphatic rings. The summed E-state index contributed by atoms with van der Waals surface area (Å²) in [5.74, 6) is -0.984. The molecule has 0 aliphatic carbocycles. The number of ether oxygens (including phenoxy) is 1. The van der Waals surface area contributed by atoms with E-state index in [-0.39, 0.29) is 22.8 Å². The second-order valence-corrected chi connectivity index (χ2v) is 4.01. The van der Waals surface area contributed by atoms with Gasteiger partial charge in [0, 0.05) is 5.56 Å². The number of nitrogens with zero attached hydrogens (tertiary/aromatic N) is 1. The molecule has 1 heterocycles. The van der Waals surface area contributed by atoms with Crippen molar-refractivity contribution in [3.05, 3.63) is 41.7 Å². The highest BCUT2D eigenvalue weighted by Crippen LogP contribution is 2.33. The Morgan fingerprint density at radius 1 is 1.15 bits per heavy atom. The van der Waals surface area contributed by atoms with Crippen molar-refractivity contribution in [1.29, 1.82) is 0 Å². The third kappa shape index (κ3) is 2.81. The number of aromatic nitrogens is 1. The van der Waals surface area contributed by atoms with Gasteiger partial charge in [0.2, 0.25) is 0 Å². The number of nitrogens with two attached hydrogens (primary N) is 1. The van der Waals surface area contributed by atoms with E-state index in [4.69, 9.17) is 10.5 Å². The average Bonchev–Trinajstić information content (AvgIpc) is 2.37. The SMILES string of the molecule is COc1ccc(-c2cc(C(F)(F)F)cc(N)n2)cc1F. The summed E-state index contributed by atoms with van der Waals surface area (Å²) in [6.45, 7) is 0. The molecule has 0 unspecified atom stereocenters. The number of nitrogen functional groups attached to an aromatic ring is 1. The van der Waals surface area contributed by atoms with Gasteiger partial charge in [-0.1, -0.05) is 0 Å². The lowest BCUT2D eigenvalue weighted by Crippen LogP contribution is -2.07. The molecule has 0 fully saturated rings. The number of hydrogen-bond donors (Lipinski definition) is 1. The molecule has 106 valence electrons. The van der Waals surface area contributed by atoms with Gasteiger partial charge in [0.25, 0.3) is 0 Å². The van der Waals surface area contributed by atoms with Gasteiger partial charge in [-0.3, -0.25) is 0 Å². The Labute approximate surface area is 112 Å². The van der Waals surface area contributed by atoms with Crippen molar-refractivity contribution in [2.45, 2.75) is 6.18 Å². The zero-order valence-electron chi connectivity index (χ0n) is 10.3. The number of pyridine rings is 1. The van der Waals surface area contributed by atoms with E-state index < -0.39 is 17.6 Å². The van der Waals surface area contributed by atoms with Crippen LogP contribution in [0.5, 0.6) is 5.75 Å². The van der Waals surface area contributed by atoms with E-state index in [1.807, 2.05) is 0 Å². The number of anilines is 1. The minimum atomic E-state index is -4.54. The lowest BCUT2D eigenvalue weighted by molar-refractivity contribution is -0.137. The number of benzene rings is 1. The quantitative estimate of drug-likeness (QED) is 0.860. The highest BCUT2D eigenvalue weighted by Gasteiger charge is 2.31. The van der Waals surface area contributed by atoms with Crippen LogP contribution in [-0.4, -0.2) is 12.1 Å². The Balaban J connectivity index is 2.53. The van der Waals surface area contributed by atoms with Gasteiger partial charge >= 0.3 is 6.18 Å². The van der Waals surface area contributed by atoms with E-state index in [1.54, 1.807) is 0 Å². The molecule has 1 aromatic carbocycles. The predicted octanol–water partition coefficient (Wildman–Crippen LogP) is 3.50. The minimum absolute atomic E-state index is 0.00584. The van der Waals surface area contributed by atoms with Gasteiger partial charge < -0.3 is 10.5 Å². The minimum Gasteiger partial charge on any atom is -0.494 e. The monoisotopic (exact) mass is 286 g/mol. The normalized spacial score (nSPS) is 11.4. The van der Waals surface area contributed by atoms with Gasteiger partial charge in [-0.2, -0.15) is 13.2 Å². The van der Waals surface area contributed by atoms with Crippen molar-refractivity contribution >= 4 is 5.82 Å². The first-order chi connectivity index (χ1) is 9.31. The maximum Gasteiger partial charge on any atom is 0.416 e. The third-order valence-corrected chi connectivity index (χ3v) is 2.62. The van der Waals surface area contributed by atoms with Crippen molar-refractivity contribution in [1.82, 2.24) is 4.98 Å². The number of rotatable bonds is 2. The van der Waals surface area contributed by atoms with Crippen LogP contribution in [0, 0.1) is 5.82 Å². The van der Waals surface area contributed by atoms with Crippen molar-refractivity contribution in [2.24, 2.45) is 0 Å². The lowest BCUT2D eigenvalue weighted by atomic mass is 10.1. The molecule has 2 rings (SSSR count). The molecule has 2 N–H and O–H groups in total. The zero-order chi connectivity index (χ0) is 14.9. The maximum atomic E-state index is 13.6. The largest absolute Gasteiger partial charge is 0.494 e. The highest BCUT2D eigenvalue weighted by molar-refractivity contribution is 5.63. The molecular formula is C13H10F4N2O. The Morgan fingerprint density at radius 2 is 1.85 bits per heavy atom. The summed E-state index contributed by atoms with van der Waals surface area (Å²) < 4.78 is 56.4. The Morgan fingerprint density at radius 3 is 2.40 bits per heavy atom. The molecule has 0 spiro atoms. The highest BCUT2D eigenvalue weighted by atomic mass is 19.4. The fourth-order valence-electron chi connectivity index (χ4n) is 1.69. The van der Waals surface area contributed by atoms with Gasteiger partial charge in [0.1, 0.15) is 5.82 Å². The standard InChI is InChI=1S/C13H10F4N2O/c1-20-11-3-2-7(4-9(11)14)10-5-8(13(15,16)17)6-12(18)19-10/h2-6H,1H3,(H2,18,19). The molecule has 0 bridgehead atoms. The van der Waals surface area contributed by atoms with Crippen molar-refractivity contribution in [3.63, 3.8) is 0 Å². The molecule has 0 saturated carbocycles. The van der Waals surface area contributed by atoms with Crippen LogP contribution >= 0.6 is 0 Å². The van der Waals surface area contributed by atoms with E-state index in [0.717, 1.165) is 18.2 Å². The molecule has 0 aliphatic heterocycles. The van der Waals surface area contributed by atoms with Crippen LogP contribution in [0.2, 0.25) is 0 Å². The smallest absolute Gasteiger partial charge is 0.416 e. The summed E-state index contributed by atoms with van der Waals surface area (Å²) in [7, 11) is 1.29. The first-order valence-corrected chi connectivity index (χ1v) is 5.50. The molecule has 3 nitrogen and oxygen atoms in total. The Hall–Kier alpha value is -2.31. The number of methoxy groups -OCH3 is 1. The van der Waals surface area contributed by atoms with Crippen LogP contribution < -0.4 is 10.5 Å². The first kappa shape index (κ1) is 14.1. The van der Waals surface area contributed by atoms with Crippen LogP contribution in [0.4, 0.5) is 23.4 Å². The summed E-state index contributed by atoms with van der Waals surface area (Å²) in [6.07, 6.45) is -4.54. The summed E-state index contributed by atoms with van der Waals surface area (Å²) in [5.41, 5.74) is 4.55. The van der Waals surface area contributed by atoms with Gasteiger partial charge in [0.15, 0.2) is 11.6 Å². The number of hydrogen-bond acceptors (Lipinski definition) is 3. The van der Waals surface area contributed by atoms with Gasteiger partial charge in [-0.15, -0.1) is 0 Å². The zero-order valence-corrected chi connectivity index (χ0v) is 10.3. The molecule has 0 atom stereocenters. The predicted molar refractivity (Wildman–Crippen MR) is 65.6 cm³/mol. The summed E-state index contributed by atoms with van der Waals surface area (Å²) in [6, 6.07) is 5.30. The van der Waals surface area contributed by atoms with Crippen LogP contribution in [0.25, 0.3) is 11.3 Å². The molecule has 7 heteroatoms. The first-order valence-electron chi connectivity index (χ1n) is 5.50. The Bertz CT molecular complexity index is 641. The van der Waals surface area contributed by atoms with Crippen LogP contribution in [0.3, 0.4) is 0 Å². The lowest BCUT2D eigenvalue weighted by Gasteiger charge is -2.10. The number of alkyl halides is 3. The van der Waals surface area contributed by atoms with Crippen molar-refractivity contribution < 1.29 is 22.3 Å². The van der Waals surface area contributed by atoms with Crippen LogP contribution in [0.1, 0.15) is 5.56 Å². The van der Waals surface area contributed by atoms with Crippen LogP contribution in [-0.2, 0) is 6.18 Å². The third-order valence-electron chi connectivity index (χ3n) is 2.62. The van der Waals surface area contributed by atoms with E-state index in [0.29, 0.717) is 0 Å². The second-order valence-electron chi connectivity index (χ2n) is 4.01. The van der Waals surface area contributed by atoms with E-state index in [9.17, 15) is 17.6 Å². The molecular weight excluding hydrogens is 276 g/mol. The fourth-order valence-corrected chi connectivity index (χ4v) is 1.69. The number of halogens is 4. The Kier molecular flexibility index (Phi) is 3.52. The summed E-state index contributed by atoms with van der Waals surface area (Å²) >= 11 is 0. The maximum absolute atomic E-state index is 13.6. The summed E-state index contributed by atoms with van der Waals surface area (Å²) in [4.78, 5) is 3.78. The van der Waals surface area contributed by atoms with E-state index in [2.05, 4.69) is 4.98 Å². The molecule has 0 amide bonds. The average molecular weight is 286 g/mol.